The fourth-order valence-corrected chi connectivity index (χ4v) is 4.71. The highest BCUT2D eigenvalue weighted by Crippen LogP contribution is 2.32. The van der Waals surface area contributed by atoms with Gasteiger partial charge in [-0.1, -0.05) is 83.9 Å². The number of carbonyl (C=O) groups excluding carboxylic acids is 1. The summed E-state index contributed by atoms with van der Waals surface area (Å²) in [6.45, 7) is 0.244. The topological polar surface area (TPSA) is 95.1 Å². The van der Waals surface area contributed by atoms with Crippen LogP contribution in [0, 0.1) is 0 Å². The summed E-state index contributed by atoms with van der Waals surface area (Å²) in [6.07, 6.45) is 0.659. The number of hydrogen-bond donors (Lipinski definition) is 1. The number of halogens is 2. The zero-order chi connectivity index (χ0) is 22.9. The van der Waals surface area contributed by atoms with Crippen molar-refractivity contribution in [1.29, 1.82) is 0 Å². The molecule has 3 aromatic carbocycles. The van der Waals surface area contributed by atoms with Gasteiger partial charge in [-0.3, -0.25) is 4.79 Å². The SMILES string of the molecule is NS(=O)(=O)c1ccccc1-c1ccc(Cn2c(-c3ccccc3)nc(Cl)c2C=O)c(Cl)c1. The lowest BCUT2D eigenvalue weighted by Crippen LogP contribution is -2.13. The van der Waals surface area contributed by atoms with E-state index >= 15 is 0 Å². The highest BCUT2D eigenvalue weighted by molar-refractivity contribution is 7.89. The summed E-state index contributed by atoms with van der Waals surface area (Å²) >= 11 is 12.8. The third kappa shape index (κ3) is 4.33. The van der Waals surface area contributed by atoms with Crippen LogP contribution in [0.5, 0.6) is 0 Å². The minimum Gasteiger partial charge on any atom is -0.316 e. The molecule has 32 heavy (non-hydrogen) atoms. The Hall–Kier alpha value is -2.97. The predicted octanol–water partition coefficient (Wildman–Crippen LogP) is 5.03. The quantitative estimate of drug-likeness (QED) is 0.387. The van der Waals surface area contributed by atoms with Gasteiger partial charge in [0, 0.05) is 16.1 Å². The third-order valence-corrected chi connectivity index (χ3v) is 6.59. The first-order valence-corrected chi connectivity index (χ1v) is 11.8. The first-order valence-electron chi connectivity index (χ1n) is 9.47. The third-order valence-electron chi connectivity index (χ3n) is 4.99. The molecule has 9 heteroatoms. The molecule has 0 aliphatic carbocycles. The molecule has 4 aromatic rings. The molecule has 0 saturated carbocycles. The maximum absolute atomic E-state index is 12.0. The maximum atomic E-state index is 12.0. The highest BCUT2D eigenvalue weighted by Gasteiger charge is 2.19. The van der Waals surface area contributed by atoms with Crippen LogP contribution in [0.3, 0.4) is 0 Å². The monoisotopic (exact) mass is 485 g/mol. The fourth-order valence-electron chi connectivity index (χ4n) is 3.48. The molecule has 0 saturated heterocycles. The molecule has 0 aliphatic rings. The molecule has 162 valence electrons. The van der Waals surface area contributed by atoms with Crippen LogP contribution in [0.4, 0.5) is 0 Å². The standard InChI is InChI=1S/C23H17Cl2N3O3S/c24-19-12-16(18-8-4-5-9-21(18)32(26,30)31)10-11-17(19)13-28-20(14-29)22(25)27-23(28)15-6-2-1-3-7-15/h1-12,14H,13H2,(H2,26,30,31). The second-order valence-corrected chi connectivity index (χ2v) is 9.32. The normalized spacial score (nSPS) is 11.5. The number of sulfonamides is 1. The van der Waals surface area contributed by atoms with E-state index in [-0.39, 0.29) is 22.3 Å². The van der Waals surface area contributed by atoms with Gasteiger partial charge in [0.25, 0.3) is 0 Å². The van der Waals surface area contributed by atoms with Crippen LogP contribution in [0.25, 0.3) is 22.5 Å². The van der Waals surface area contributed by atoms with Crippen molar-refractivity contribution in [2.24, 2.45) is 5.14 Å². The second kappa shape index (κ2) is 8.88. The van der Waals surface area contributed by atoms with Gasteiger partial charge in [-0.25, -0.2) is 18.5 Å². The molecule has 0 unspecified atom stereocenters. The van der Waals surface area contributed by atoms with E-state index in [0.717, 1.165) is 5.56 Å². The van der Waals surface area contributed by atoms with Crippen molar-refractivity contribution in [3.63, 3.8) is 0 Å². The minimum absolute atomic E-state index is 0.0137. The van der Waals surface area contributed by atoms with Crippen LogP contribution in [-0.4, -0.2) is 24.3 Å². The molecule has 0 radical (unpaired) electrons. The molecule has 0 atom stereocenters. The van der Waals surface area contributed by atoms with E-state index in [1.807, 2.05) is 30.3 Å². The summed E-state index contributed by atoms with van der Waals surface area (Å²) < 4.78 is 25.6. The van der Waals surface area contributed by atoms with E-state index in [0.29, 0.717) is 33.8 Å². The summed E-state index contributed by atoms with van der Waals surface area (Å²) in [5, 5.41) is 5.86. The minimum atomic E-state index is -3.90. The van der Waals surface area contributed by atoms with Crippen molar-refractivity contribution < 1.29 is 13.2 Å². The van der Waals surface area contributed by atoms with Crippen molar-refractivity contribution in [2.45, 2.75) is 11.4 Å². The van der Waals surface area contributed by atoms with Crippen LogP contribution in [0.15, 0.2) is 77.7 Å². The van der Waals surface area contributed by atoms with Gasteiger partial charge in [-0.05, 0) is 23.3 Å². The van der Waals surface area contributed by atoms with Crippen molar-refractivity contribution in [3.05, 3.63) is 94.2 Å². The molecule has 0 fully saturated rings. The molecule has 0 amide bonds. The number of carbonyl (C=O) groups is 1. The Balaban J connectivity index is 1.77. The van der Waals surface area contributed by atoms with Crippen LogP contribution in [0.2, 0.25) is 10.2 Å². The Morgan fingerprint density at radius 2 is 1.62 bits per heavy atom. The molecule has 0 aliphatic heterocycles. The zero-order valence-corrected chi connectivity index (χ0v) is 18.9. The van der Waals surface area contributed by atoms with E-state index in [1.165, 1.54) is 6.07 Å². The van der Waals surface area contributed by atoms with Crippen molar-refractivity contribution in [2.75, 3.05) is 0 Å². The van der Waals surface area contributed by atoms with Crippen molar-refractivity contribution >= 4 is 39.5 Å². The van der Waals surface area contributed by atoms with E-state index in [1.54, 1.807) is 41.0 Å². The van der Waals surface area contributed by atoms with E-state index in [4.69, 9.17) is 28.3 Å². The average molecular weight is 486 g/mol. The molecule has 6 nitrogen and oxygen atoms in total. The molecule has 2 N–H and O–H groups in total. The lowest BCUT2D eigenvalue weighted by atomic mass is 10.0. The number of primary sulfonamides is 1. The lowest BCUT2D eigenvalue weighted by Gasteiger charge is -2.13. The maximum Gasteiger partial charge on any atom is 0.238 e. The summed E-state index contributed by atoms with van der Waals surface area (Å²) in [4.78, 5) is 16.1. The highest BCUT2D eigenvalue weighted by atomic mass is 35.5. The first-order chi connectivity index (χ1) is 15.3. The van der Waals surface area contributed by atoms with Crippen molar-refractivity contribution in [1.82, 2.24) is 9.55 Å². The Morgan fingerprint density at radius 1 is 0.938 bits per heavy atom. The van der Waals surface area contributed by atoms with Gasteiger partial charge in [-0.15, -0.1) is 0 Å². The Bertz CT molecular complexity index is 1420. The summed E-state index contributed by atoms with van der Waals surface area (Å²) in [5.41, 5.74) is 2.80. The van der Waals surface area contributed by atoms with Gasteiger partial charge >= 0.3 is 0 Å². The van der Waals surface area contributed by atoms with Gasteiger partial charge < -0.3 is 4.57 Å². The van der Waals surface area contributed by atoms with Crippen LogP contribution in [-0.2, 0) is 16.6 Å². The van der Waals surface area contributed by atoms with Crippen LogP contribution in [0.1, 0.15) is 16.1 Å². The Morgan fingerprint density at radius 3 is 2.28 bits per heavy atom. The number of nitrogens with zero attached hydrogens (tertiary/aromatic N) is 2. The van der Waals surface area contributed by atoms with Crippen LogP contribution < -0.4 is 5.14 Å². The summed E-state index contributed by atoms with van der Waals surface area (Å²) in [7, 11) is -3.90. The van der Waals surface area contributed by atoms with E-state index in [9.17, 15) is 13.2 Å². The molecule has 1 aromatic heterocycles. The molecule has 4 rings (SSSR count). The van der Waals surface area contributed by atoms with E-state index in [2.05, 4.69) is 4.98 Å². The average Bonchev–Trinajstić information content (AvgIpc) is 3.10. The predicted molar refractivity (Wildman–Crippen MR) is 125 cm³/mol. The fraction of sp³-hybridized carbons (Fsp3) is 0.0435. The van der Waals surface area contributed by atoms with Gasteiger partial charge in [0.05, 0.1) is 11.4 Å². The number of hydrogen-bond acceptors (Lipinski definition) is 4. The van der Waals surface area contributed by atoms with Gasteiger partial charge in [0.2, 0.25) is 10.0 Å². The van der Waals surface area contributed by atoms with E-state index < -0.39 is 10.0 Å². The second-order valence-electron chi connectivity index (χ2n) is 7.03. The molecule has 0 bridgehead atoms. The molecule has 1 heterocycles. The van der Waals surface area contributed by atoms with Crippen LogP contribution >= 0.6 is 23.2 Å². The number of rotatable bonds is 6. The van der Waals surface area contributed by atoms with Gasteiger partial charge in [0.15, 0.2) is 11.4 Å². The zero-order valence-electron chi connectivity index (χ0n) is 16.6. The van der Waals surface area contributed by atoms with Gasteiger partial charge in [0.1, 0.15) is 11.5 Å². The van der Waals surface area contributed by atoms with Crippen molar-refractivity contribution in [3.8, 4) is 22.5 Å². The largest absolute Gasteiger partial charge is 0.316 e. The number of aldehydes is 1. The molecular formula is C23H17Cl2N3O3S. The Kier molecular flexibility index (Phi) is 6.17. The smallest absolute Gasteiger partial charge is 0.238 e. The lowest BCUT2D eigenvalue weighted by molar-refractivity contribution is 0.111. The summed E-state index contributed by atoms with van der Waals surface area (Å²) in [6, 6.07) is 21.0. The number of benzene rings is 3. The summed E-state index contributed by atoms with van der Waals surface area (Å²) in [5.74, 6) is 0.539. The molecule has 0 spiro atoms. The number of nitrogens with two attached hydrogens (primary N) is 1. The first kappa shape index (κ1) is 22.2. The molecular weight excluding hydrogens is 469 g/mol. The number of imidazole rings is 1. The van der Waals surface area contributed by atoms with Gasteiger partial charge in [-0.2, -0.15) is 0 Å². The number of aromatic nitrogens is 2. The Labute approximate surface area is 195 Å².